The Morgan fingerprint density at radius 1 is 1.26 bits per heavy atom. The molecule has 0 amide bonds. The average molecular weight is 385 g/mol. The van der Waals surface area contributed by atoms with Gasteiger partial charge in [-0.05, 0) is 25.5 Å². The van der Waals surface area contributed by atoms with E-state index in [0.717, 1.165) is 42.4 Å². The first-order valence-corrected chi connectivity index (χ1v) is 9.36. The first-order valence-electron chi connectivity index (χ1n) is 8.98. The number of hydrogen-bond acceptors (Lipinski definition) is 4. The van der Waals surface area contributed by atoms with Gasteiger partial charge in [-0.1, -0.05) is 29.8 Å². The number of nitrogens with one attached hydrogen (secondary N) is 3. The van der Waals surface area contributed by atoms with Crippen LogP contribution in [0.4, 0.5) is 10.2 Å². The molecule has 1 aliphatic rings. The van der Waals surface area contributed by atoms with Gasteiger partial charge in [-0.2, -0.15) is 9.37 Å². The molecule has 5 rings (SSSR count). The number of aromatic amines is 1. The number of aromatic nitrogens is 4. The molecule has 1 saturated heterocycles. The van der Waals surface area contributed by atoms with Gasteiger partial charge in [0.1, 0.15) is 10.8 Å². The molecule has 27 heavy (non-hydrogen) atoms. The van der Waals surface area contributed by atoms with E-state index < -0.39 is 5.95 Å². The Labute approximate surface area is 159 Å². The van der Waals surface area contributed by atoms with Crippen LogP contribution in [0.25, 0.3) is 27.8 Å². The summed E-state index contributed by atoms with van der Waals surface area (Å²) in [6.07, 6.45) is 5.28. The molecule has 3 N–H and O–H groups in total. The minimum Gasteiger partial charge on any atom is -0.363 e. The number of halogens is 2. The van der Waals surface area contributed by atoms with Gasteiger partial charge in [0, 0.05) is 35.2 Å². The number of fused-ring (bicyclic) bond motifs is 2. The summed E-state index contributed by atoms with van der Waals surface area (Å²) in [4.78, 5) is 12.0. The van der Waals surface area contributed by atoms with E-state index in [4.69, 9.17) is 16.6 Å². The van der Waals surface area contributed by atoms with E-state index in [1.165, 1.54) is 6.20 Å². The van der Waals surface area contributed by atoms with Crippen molar-refractivity contribution in [2.24, 2.45) is 0 Å². The van der Waals surface area contributed by atoms with Crippen molar-refractivity contribution in [1.29, 1.82) is 0 Å². The highest BCUT2D eigenvalue weighted by atomic mass is 35.5. The summed E-state index contributed by atoms with van der Waals surface area (Å²) >= 11 is 6.60. The summed E-state index contributed by atoms with van der Waals surface area (Å²) in [6.45, 7) is 1.85. The second-order valence-electron chi connectivity index (χ2n) is 6.79. The standard InChI is InChI=1S/C19H18ClFN6/c20-17-16(13-9-23-14-6-2-1-5-12(13)14)26-18(19-25-15(21)10-27(17)19)24-11-4-3-7-22-8-11/h1-2,5-6,9-11,22-23H,3-4,7-8H2,(H,24,26)/t11-/m0/s1. The number of imidazole rings is 1. The van der Waals surface area contributed by atoms with E-state index in [1.54, 1.807) is 4.40 Å². The third kappa shape index (κ3) is 2.83. The third-order valence-electron chi connectivity index (χ3n) is 5.00. The van der Waals surface area contributed by atoms with Crippen LogP contribution >= 0.6 is 11.6 Å². The molecule has 3 aromatic heterocycles. The fourth-order valence-electron chi connectivity index (χ4n) is 3.69. The van der Waals surface area contributed by atoms with Crippen LogP contribution in [0.2, 0.25) is 5.15 Å². The van der Waals surface area contributed by atoms with Crippen LogP contribution in [0.1, 0.15) is 12.8 Å². The summed E-state index contributed by atoms with van der Waals surface area (Å²) in [5.74, 6) is -0.0446. The van der Waals surface area contributed by atoms with Crippen LogP contribution in [0.5, 0.6) is 0 Å². The maximum absolute atomic E-state index is 13.9. The van der Waals surface area contributed by atoms with Crippen molar-refractivity contribution in [3.63, 3.8) is 0 Å². The van der Waals surface area contributed by atoms with E-state index in [-0.39, 0.29) is 6.04 Å². The smallest absolute Gasteiger partial charge is 0.231 e. The van der Waals surface area contributed by atoms with E-state index in [9.17, 15) is 4.39 Å². The zero-order chi connectivity index (χ0) is 18.4. The SMILES string of the molecule is Fc1cn2c(Cl)c(-c3c[nH]c4ccccc34)nc(N[C@H]3CCCNC3)c2n1. The molecular weight excluding hydrogens is 367 g/mol. The van der Waals surface area contributed by atoms with Gasteiger partial charge in [-0.3, -0.25) is 4.40 Å². The molecule has 0 radical (unpaired) electrons. The van der Waals surface area contributed by atoms with Crippen molar-refractivity contribution < 1.29 is 4.39 Å². The highest BCUT2D eigenvalue weighted by Crippen LogP contribution is 2.35. The molecule has 0 bridgehead atoms. The molecule has 4 heterocycles. The van der Waals surface area contributed by atoms with E-state index >= 15 is 0 Å². The molecule has 8 heteroatoms. The van der Waals surface area contributed by atoms with E-state index in [2.05, 4.69) is 20.6 Å². The van der Waals surface area contributed by atoms with Gasteiger partial charge >= 0.3 is 0 Å². The van der Waals surface area contributed by atoms with Crippen LogP contribution in [-0.4, -0.2) is 38.5 Å². The Bertz CT molecular complexity index is 1130. The van der Waals surface area contributed by atoms with Gasteiger partial charge < -0.3 is 15.6 Å². The summed E-state index contributed by atoms with van der Waals surface area (Å²) in [6, 6.07) is 8.16. The third-order valence-corrected chi connectivity index (χ3v) is 5.36. The molecule has 4 aromatic rings. The average Bonchev–Trinajstić information content (AvgIpc) is 3.29. The topological polar surface area (TPSA) is 70.0 Å². The molecule has 0 saturated carbocycles. The van der Waals surface area contributed by atoms with Gasteiger partial charge in [0.15, 0.2) is 11.5 Å². The van der Waals surface area contributed by atoms with E-state index in [1.807, 2.05) is 30.5 Å². The number of benzene rings is 1. The van der Waals surface area contributed by atoms with Crippen LogP contribution < -0.4 is 10.6 Å². The van der Waals surface area contributed by atoms with Crippen LogP contribution in [0.15, 0.2) is 36.7 Å². The van der Waals surface area contributed by atoms with Crippen molar-refractivity contribution >= 4 is 34.0 Å². The number of anilines is 1. The molecule has 1 atom stereocenters. The van der Waals surface area contributed by atoms with Gasteiger partial charge in [0.25, 0.3) is 0 Å². The Balaban J connectivity index is 1.69. The minimum absolute atomic E-state index is 0.215. The monoisotopic (exact) mass is 384 g/mol. The molecule has 0 spiro atoms. The normalized spacial score (nSPS) is 17.6. The highest BCUT2D eigenvalue weighted by Gasteiger charge is 2.21. The number of piperidine rings is 1. The fourth-order valence-corrected chi connectivity index (χ4v) is 3.97. The Morgan fingerprint density at radius 3 is 3.00 bits per heavy atom. The van der Waals surface area contributed by atoms with Gasteiger partial charge in [-0.15, -0.1) is 0 Å². The molecule has 138 valence electrons. The fraction of sp³-hybridized carbons (Fsp3) is 0.263. The van der Waals surface area contributed by atoms with Crippen molar-refractivity contribution in [3.05, 3.63) is 47.8 Å². The zero-order valence-electron chi connectivity index (χ0n) is 14.5. The van der Waals surface area contributed by atoms with Crippen molar-refractivity contribution in [3.8, 4) is 11.3 Å². The van der Waals surface area contributed by atoms with Crippen LogP contribution in [0, 0.1) is 5.95 Å². The summed E-state index contributed by atoms with van der Waals surface area (Å²) in [5, 5.41) is 8.13. The lowest BCUT2D eigenvalue weighted by Gasteiger charge is -2.24. The lowest BCUT2D eigenvalue weighted by molar-refractivity contribution is 0.479. The van der Waals surface area contributed by atoms with Gasteiger partial charge in [0.2, 0.25) is 5.95 Å². The minimum atomic E-state index is -0.584. The van der Waals surface area contributed by atoms with Crippen LogP contribution in [-0.2, 0) is 0 Å². The predicted octanol–water partition coefficient (Wildman–Crippen LogP) is 3.83. The van der Waals surface area contributed by atoms with Gasteiger partial charge in [-0.25, -0.2) is 4.98 Å². The quantitative estimate of drug-likeness (QED) is 0.502. The molecule has 1 aliphatic heterocycles. The Morgan fingerprint density at radius 2 is 2.15 bits per heavy atom. The Kier molecular flexibility index (Phi) is 3.98. The number of rotatable bonds is 3. The lowest BCUT2D eigenvalue weighted by Crippen LogP contribution is -2.38. The molecular formula is C19H18ClFN6. The lowest BCUT2D eigenvalue weighted by atomic mass is 10.1. The Hall–Kier alpha value is -2.64. The maximum atomic E-state index is 13.9. The predicted molar refractivity (Wildman–Crippen MR) is 105 cm³/mol. The highest BCUT2D eigenvalue weighted by molar-refractivity contribution is 6.32. The maximum Gasteiger partial charge on any atom is 0.231 e. The largest absolute Gasteiger partial charge is 0.363 e. The molecule has 1 aromatic carbocycles. The van der Waals surface area contributed by atoms with Crippen molar-refractivity contribution in [2.75, 3.05) is 18.4 Å². The van der Waals surface area contributed by atoms with Crippen molar-refractivity contribution in [2.45, 2.75) is 18.9 Å². The number of hydrogen-bond donors (Lipinski definition) is 3. The van der Waals surface area contributed by atoms with E-state index in [0.29, 0.717) is 22.3 Å². The first kappa shape index (κ1) is 16.5. The zero-order valence-corrected chi connectivity index (χ0v) is 15.2. The second kappa shape index (κ2) is 6.51. The summed E-state index contributed by atoms with van der Waals surface area (Å²) in [5.41, 5.74) is 2.85. The molecule has 0 aliphatic carbocycles. The number of H-pyrrole nitrogens is 1. The first-order chi connectivity index (χ1) is 13.2. The summed E-state index contributed by atoms with van der Waals surface area (Å²) in [7, 11) is 0. The number of para-hydroxylation sites is 1. The van der Waals surface area contributed by atoms with Gasteiger partial charge in [0.05, 0.1) is 6.20 Å². The molecule has 1 fully saturated rings. The second-order valence-corrected chi connectivity index (χ2v) is 7.15. The molecule has 6 nitrogen and oxygen atoms in total. The molecule has 0 unspecified atom stereocenters. The number of nitrogens with zero attached hydrogens (tertiary/aromatic N) is 3. The summed E-state index contributed by atoms with van der Waals surface area (Å²) < 4.78 is 15.5. The van der Waals surface area contributed by atoms with Crippen molar-refractivity contribution in [1.82, 2.24) is 24.7 Å². The van der Waals surface area contributed by atoms with Crippen LogP contribution in [0.3, 0.4) is 0 Å².